The highest BCUT2D eigenvalue weighted by molar-refractivity contribution is 5.16. The lowest BCUT2D eigenvalue weighted by atomic mass is 9.94. The highest BCUT2D eigenvalue weighted by Crippen LogP contribution is 2.37. The molecule has 0 spiro atoms. The zero-order chi connectivity index (χ0) is 12.4. The molecule has 1 saturated heterocycles. The summed E-state index contributed by atoms with van der Waals surface area (Å²) in [5.41, 5.74) is 1.11. The van der Waals surface area contributed by atoms with E-state index in [0.717, 1.165) is 5.56 Å². The van der Waals surface area contributed by atoms with Crippen molar-refractivity contribution in [3.8, 4) is 0 Å². The van der Waals surface area contributed by atoms with Crippen LogP contribution >= 0.6 is 0 Å². The first-order valence-corrected chi connectivity index (χ1v) is 6.45. The first-order chi connectivity index (χ1) is 8.09. The van der Waals surface area contributed by atoms with Crippen LogP contribution in [0.5, 0.6) is 0 Å². The molecule has 0 aliphatic carbocycles. The van der Waals surface area contributed by atoms with Crippen LogP contribution in [0.1, 0.15) is 39.5 Å². The molecule has 1 aromatic carbocycles. The summed E-state index contributed by atoms with van der Waals surface area (Å²) >= 11 is 0. The third-order valence-corrected chi connectivity index (χ3v) is 3.27. The largest absolute Gasteiger partial charge is 0.342 e. The molecule has 0 bridgehead atoms. The Morgan fingerprint density at radius 3 is 1.71 bits per heavy atom. The number of hydrogen-bond donors (Lipinski definition) is 0. The van der Waals surface area contributed by atoms with Crippen LogP contribution in [-0.2, 0) is 9.47 Å². The van der Waals surface area contributed by atoms with Gasteiger partial charge in [0, 0.05) is 5.56 Å². The van der Waals surface area contributed by atoms with Crippen molar-refractivity contribution in [1.29, 1.82) is 0 Å². The summed E-state index contributed by atoms with van der Waals surface area (Å²) in [5.74, 6) is 0.965. The molecular formula is C15H22O2. The Morgan fingerprint density at radius 1 is 0.824 bits per heavy atom. The van der Waals surface area contributed by atoms with Gasteiger partial charge >= 0.3 is 0 Å². The van der Waals surface area contributed by atoms with E-state index in [1.807, 2.05) is 18.2 Å². The second kappa shape index (κ2) is 5.19. The third kappa shape index (κ3) is 2.70. The summed E-state index contributed by atoms with van der Waals surface area (Å²) in [6.07, 6.45) is 0.191. The molecule has 1 aromatic rings. The average molecular weight is 234 g/mol. The van der Waals surface area contributed by atoms with E-state index in [-0.39, 0.29) is 18.5 Å². The zero-order valence-electron chi connectivity index (χ0n) is 11.1. The number of benzene rings is 1. The van der Waals surface area contributed by atoms with Crippen molar-refractivity contribution < 1.29 is 9.47 Å². The van der Waals surface area contributed by atoms with Crippen molar-refractivity contribution in [1.82, 2.24) is 0 Å². The van der Waals surface area contributed by atoms with Crippen LogP contribution in [0, 0.1) is 11.8 Å². The van der Waals surface area contributed by atoms with Gasteiger partial charge in [0.15, 0.2) is 6.29 Å². The zero-order valence-corrected chi connectivity index (χ0v) is 11.1. The van der Waals surface area contributed by atoms with Gasteiger partial charge in [0.25, 0.3) is 0 Å². The maximum atomic E-state index is 6.06. The number of rotatable bonds is 3. The molecule has 0 amide bonds. The van der Waals surface area contributed by atoms with Gasteiger partial charge in [-0.1, -0.05) is 58.0 Å². The van der Waals surface area contributed by atoms with Crippen LogP contribution in [0.4, 0.5) is 0 Å². The highest BCUT2D eigenvalue weighted by Gasteiger charge is 2.39. The van der Waals surface area contributed by atoms with Crippen LogP contribution in [0.3, 0.4) is 0 Å². The number of ether oxygens (including phenoxy) is 2. The molecule has 2 unspecified atom stereocenters. The van der Waals surface area contributed by atoms with Crippen molar-refractivity contribution in [2.24, 2.45) is 11.8 Å². The lowest BCUT2D eigenvalue weighted by Crippen LogP contribution is -2.31. The SMILES string of the molecule is CC(C)C1OC(c2ccccc2)OC1C(C)C. The van der Waals surface area contributed by atoms with Gasteiger partial charge in [-0.2, -0.15) is 0 Å². The van der Waals surface area contributed by atoms with E-state index in [2.05, 4.69) is 39.8 Å². The monoisotopic (exact) mass is 234 g/mol. The van der Waals surface area contributed by atoms with Crippen molar-refractivity contribution >= 4 is 0 Å². The molecule has 0 radical (unpaired) electrons. The normalized spacial score (nSPS) is 29.2. The molecule has 17 heavy (non-hydrogen) atoms. The second-order valence-electron chi connectivity index (χ2n) is 5.43. The van der Waals surface area contributed by atoms with E-state index in [1.54, 1.807) is 0 Å². The van der Waals surface area contributed by atoms with Gasteiger partial charge in [0.05, 0.1) is 12.2 Å². The Morgan fingerprint density at radius 2 is 1.29 bits per heavy atom. The first kappa shape index (κ1) is 12.6. The Bertz CT molecular complexity index is 329. The van der Waals surface area contributed by atoms with Gasteiger partial charge in [-0.05, 0) is 11.8 Å². The predicted octanol–water partition coefficient (Wildman–Crippen LogP) is 3.78. The summed E-state index contributed by atoms with van der Waals surface area (Å²) in [4.78, 5) is 0. The second-order valence-corrected chi connectivity index (χ2v) is 5.43. The highest BCUT2D eigenvalue weighted by atomic mass is 16.7. The Labute approximate surface area is 104 Å². The lowest BCUT2D eigenvalue weighted by molar-refractivity contribution is -0.0766. The van der Waals surface area contributed by atoms with Gasteiger partial charge < -0.3 is 9.47 Å². The minimum Gasteiger partial charge on any atom is -0.342 e. The molecule has 0 saturated carbocycles. The van der Waals surface area contributed by atoms with Gasteiger partial charge in [0.1, 0.15) is 0 Å². The number of hydrogen-bond acceptors (Lipinski definition) is 2. The predicted molar refractivity (Wildman–Crippen MR) is 68.6 cm³/mol. The minimum absolute atomic E-state index is 0.195. The third-order valence-electron chi connectivity index (χ3n) is 3.27. The maximum Gasteiger partial charge on any atom is 0.184 e. The van der Waals surface area contributed by atoms with E-state index in [0.29, 0.717) is 11.8 Å². The van der Waals surface area contributed by atoms with Crippen molar-refractivity contribution in [3.63, 3.8) is 0 Å². The van der Waals surface area contributed by atoms with Crippen LogP contribution < -0.4 is 0 Å². The van der Waals surface area contributed by atoms with Crippen LogP contribution in [0.15, 0.2) is 30.3 Å². The van der Waals surface area contributed by atoms with Gasteiger partial charge in [-0.25, -0.2) is 0 Å². The topological polar surface area (TPSA) is 18.5 Å². The summed E-state index contributed by atoms with van der Waals surface area (Å²) < 4.78 is 12.1. The molecular weight excluding hydrogens is 212 g/mol. The summed E-state index contributed by atoms with van der Waals surface area (Å²) in [5, 5.41) is 0. The van der Waals surface area contributed by atoms with Crippen molar-refractivity contribution in [3.05, 3.63) is 35.9 Å². The molecule has 0 N–H and O–H groups in total. The molecule has 2 atom stereocenters. The van der Waals surface area contributed by atoms with Crippen LogP contribution in [0.25, 0.3) is 0 Å². The molecule has 1 heterocycles. The molecule has 1 aliphatic rings. The Kier molecular flexibility index (Phi) is 3.85. The minimum atomic E-state index is -0.198. The molecule has 1 aliphatic heterocycles. The van der Waals surface area contributed by atoms with E-state index >= 15 is 0 Å². The van der Waals surface area contributed by atoms with Crippen LogP contribution in [-0.4, -0.2) is 12.2 Å². The van der Waals surface area contributed by atoms with E-state index < -0.39 is 0 Å². The van der Waals surface area contributed by atoms with Gasteiger partial charge in [-0.15, -0.1) is 0 Å². The van der Waals surface area contributed by atoms with Crippen molar-refractivity contribution in [2.45, 2.75) is 46.2 Å². The lowest BCUT2D eigenvalue weighted by Gasteiger charge is -2.22. The van der Waals surface area contributed by atoms with Crippen LogP contribution in [0.2, 0.25) is 0 Å². The average Bonchev–Trinajstić information content (AvgIpc) is 2.75. The molecule has 0 aromatic heterocycles. The first-order valence-electron chi connectivity index (χ1n) is 6.45. The van der Waals surface area contributed by atoms with E-state index in [4.69, 9.17) is 9.47 Å². The summed E-state index contributed by atoms with van der Waals surface area (Å²) in [6, 6.07) is 10.2. The maximum absolute atomic E-state index is 6.06. The fraction of sp³-hybridized carbons (Fsp3) is 0.600. The molecule has 2 rings (SSSR count). The smallest absolute Gasteiger partial charge is 0.184 e. The standard InChI is InChI=1S/C15H22O2/c1-10(2)13-14(11(3)4)17-15(16-13)12-8-6-5-7-9-12/h5-11,13-15H,1-4H3. The fourth-order valence-corrected chi connectivity index (χ4v) is 2.31. The summed E-state index contributed by atoms with van der Waals surface area (Å²) in [7, 11) is 0. The van der Waals surface area contributed by atoms with Gasteiger partial charge in [0.2, 0.25) is 0 Å². The summed E-state index contributed by atoms with van der Waals surface area (Å²) in [6.45, 7) is 8.76. The molecule has 2 heteroatoms. The quantitative estimate of drug-likeness (QED) is 0.792. The van der Waals surface area contributed by atoms with E-state index in [1.165, 1.54) is 0 Å². The molecule has 1 fully saturated rings. The van der Waals surface area contributed by atoms with Gasteiger partial charge in [-0.3, -0.25) is 0 Å². The molecule has 94 valence electrons. The molecule has 2 nitrogen and oxygen atoms in total. The fourth-order valence-electron chi connectivity index (χ4n) is 2.31. The Hall–Kier alpha value is -0.860. The van der Waals surface area contributed by atoms with Crippen molar-refractivity contribution in [2.75, 3.05) is 0 Å². The van der Waals surface area contributed by atoms with E-state index in [9.17, 15) is 0 Å². The Balaban J connectivity index is 2.14.